The van der Waals surface area contributed by atoms with Crippen LogP contribution in [0, 0.1) is 13.8 Å². The van der Waals surface area contributed by atoms with Crippen LogP contribution in [0.2, 0.25) is 0 Å². The highest BCUT2D eigenvalue weighted by molar-refractivity contribution is 7.92. The predicted octanol–water partition coefficient (Wildman–Crippen LogP) is 2.26. The van der Waals surface area contributed by atoms with Crippen LogP contribution in [0.4, 0.5) is 5.69 Å². The molecule has 1 N–H and O–H groups in total. The molecule has 0 aliphatic carbocycles. The zero-order chi connectivity index (χ0) is 16.6. The Morgan fingerprint density at radius 3 is 2.65 bits per heavy atom. The molecule has 0 aliphatic heterocycles. The van der Waals surface area contributed by atoms with Crippen molar-refractivity contribution in [3.8, 4) is 0 Å². The summed E-state index contributed by atoms with van der Waals surface area (Å²) in [5, 5.41) is 4.27. The van der Waals surface area contributed by atoms with Crippen molar-refractivity contribution >= 4 is 26.7 Å². The van der Waals surface area contributed by atoms with Crippen LogP contribution in [0.15, 0.2) is 35.5 Å². The van der Waals surface area contributed by atoms with Gasteiger partial charge in [-0.25, -0.2) is 8.42 Å². The Kier molecular flexibility index (Phi) is 3.77. The number of aryl methyl sites for hydroxylation is 2. The van der Waals surface area contributed by atoms with Gasteiger partial charge in [-0.1, -0.05) is 0 Å². The maximum absolute atomic E-state index is 12.8. The molecular weight excluding hydrogens is 314 g/mol. The van der Waals surface area contributed by atoms with Crippen molar-refractivity contribution in [3.63, 3.8) is 0 Å². The summed E-state index contributed by atoms with van der Waals surface area (Å²) in [4.78, 5) is 8.61. The lowest BCUT2D eigenvalue weighted by atomic mass is 10.3. The van der Waals surface area contributed by atoms with Crippen LogP contribution in [-0.2, 0) is 16.6 Å². The van der Waals surface area contributed by atoms with Crippen LogP contribution in [0.3, 0.4) is 0 Å². The first-order valence-corrected chi connectivity index (χ1v) is 8.69. The molecule has 120 valence electrons. The molecule has 0 bridgehead atoms. The van der Waals surface area contributed by atoms with Gasteiger partial charge in [-0.15, -0.1) is 0 Å². The zero-order valence-corrected chi connectivity index (χ0v) is 13.9. The monoisotopic (exact) mass is 331 g/mol. The van der Waals surface area contributed by atoms with E-state index in [1.165, 1.54) is 0 Å². The summed E-state index contributed by atoms with van der Waals surface area (Å²) in [6.07, 6.45) is 3.16. The van der Waals surface area contributed by atoms with E-state index in [1.807, 2.05) is 6.92 Å². The molecule has 0 saturated carbocycles. The first-order chi connectivity index (χ1) is 10.9. The first kappa shape index (κ1) is 15.4. The number of pyridine rings is 2. The van der Waals surface area contributed by atoms with Gasteiger partial charge in [0, 0.05) is 18.9 Å². The van der Waals surface area contributed by atoms with Gasteiger partial charge in [-0.3, -0.25) is 19.4 Å². The molecule has 0 radical (unpaired) electrons. The first-order valence-electron chi connectivity index (χ1n) is 7.20. The molecule has 0 fully saturated rings. The number of hydrogen-bond donors (Lipinski definition) is 1. The second kappa shape index (κ2) is 5.62. The Morgan fingerprint density at radius 2 is 1.96 bits per heavy atom. The second-order valence-corrected chi connectivity index (χ2v) is 6.77. The molecular formula is C15H17N5O2S. The van der Waals surface area contributed by atoms with Gasteiger partial charge < -0.3 is 0 Å². The minimum Gasteiger partial charge on any atom is -0.277 e. The number of sulfonamides is 1. The largest absolute Gasteiger partial charge is 0.277 e. The minimum atomic E-state index is -3.76. The normalized spacial score (nSPS) is 11.8. The second-order valence-electron chi connectivity index (χ2n) is 5.15. The number of rotatable bonds is 4. The van der Waals surface area contributed by atoms with Crippen LogP contribution >= 0.6 is 0 Å². The topological polar surface area (TPSA) is 89.8 Å². The van der Waals surface area contributed by atoms with Gasteiger partial charge in [0.15, 0.2) is 0 Å². The Bertz CT molecular complexity index is 973. The van der Waals surface area contributed by atoms with Crippen molar-refractivity contribution in [1.29, 1.82) is 0 Å². The van der Waals surface area contributed by atoms with Crippen molar-refractivity contribution in [3.05, 3.63) is 42.0 Å². The molecule has 0 saturated heterocycles. The molecule has 0 aliphatic rings. The fourth-order valence-corrected chi connectivity index (χ4v) is 4.12. The van der Waals surface area contributed by atoms with Crippen molar-refractivity contribution < 1.29 is 8.42 Å². The van der Waals surface area contributed by atoms with Crippen molar-refractivity contribution in [2.45, 2.75) is 32.2 Å². The number of aromatic nitrogens is 4. The molecule has 0 aromatic carbocycles. The van der Waals surface area contributed by atoms with Gasteiger partial charge in [-0.05, 0) is 39.0 Å². The minimum absolute atomic E-state index is 0.209. The third-order valence-corrected chi connectivity index (χ3v) is 5.24. The summed E-state index contributed by atoms with van der Waals surface area (Å²) in [5.74, 6) is 0. The van der Waals surface area contributed by atoms with Gasteiger partial charge in [0.2, 0.25) is 0 Å². The lowest BCUT2D eigenvalue weighted by molar-refractivity contribution is 0.598. The molecule has 0 atom stereocenters. The van der Waals surface area contributed by atoms with Crippen LogP contribution in [0.5, 0.6) is 0 Å². The van der Waals surface area contributed by atoms with E-state index in [0.717, 1.165) is 0 Å². The molecule has 0 amide bonds. The van der Waals surface area contributed by atoms with Gasteiger partial charge in [0.25, 0.3) is 10.0 Å². The lowest BCUT2D eigenvalue weighted by Crippen LogP contribution is -2.15. The number of hydrogen-bond acceptors (Lipinski definition) is 5. The maximum Gasteiger partial charge on any atom is 0.265 e. The Balaban J connectivity index is 2.10. The van der Waals surface area contributed by atoms with E-state index in [2.05, 4.69) is 19.8 Å². The van der Waals surface area contributed by atoms with Gasteiger partial charge >= 0.3 is 0 Å². The fraction of sp³-hybridized carbons (Fsp3) is 0.267. The van der Waals surface area contributed by atoms with E-state index in [0.29, 0.717) is 34.7 Å². The highest BCUT2D eigenvalue weighted by Gasteiger charge is 2.25. The standard InChI is InChI=1S/C15H17N5O2S/c1-4-20-11(3)15(10(2)18-20)23(21,22)19-13-7-9-16-12-6-5-8-17-14(12)13/h5-9H,4H2,1-3H3,(H,16,19). The average molecular weight is 331 g/mol. The Morgan fingerprint density at radius 1 is 1.17 bits per heavy atom. The van der Waals surface area contributed by atoms with E-state index in [9.17, 15) is 8.42 Å². The van der Waals surface area contributed by atoms with Crippen molar-refractivity contribution in [1.82, 2.24) is 19.7 Å². The van der Waals surface area contributed by atoms with E-state index in [4.69, 9.17) is 0 Å². The number of fused-ring (bicyclic) bond motifs is 1. The quantitative estimate of drug-likeness (QED) is 0.792. The summed E-state index contributed by atoms with van der Waals surface area (Å²) < 4.78 is 29.9. The molecule has 0 spiro atoms. The molecule has 0 unspecified atom stereocenters. The van der Waals surface area contributed by atoms with E-state index in [1.54, 1.807) is 49.1 Å². The summed E-state index contributed by atoms with van der Waals surface area (Å²) in [6.45, 7) is 5.98. The number of anilines is 1. The van der Waals surface area contributed by atoms with Gasteiger partial charge in [0.1, 0.15) is 10.4 Å². The fourth-order valence-electron chi connectivity index (χ4n) is 2.63. The molecule has 3 heterocycles. The van der Waals surface area contributed by atoms with E-state index < -0.39 is 10.0 Å². The van der Waals surface area contributed by atoms with Crippen molar-refractivity contribution in [2.24, 2.45) is 0 Å². The third-order valence-electron chi connectivity index (χ3n) is 3.62. The summed E-state index contributed by atoms with van der Waals surface area (Å²) >= 11 is 0. The lowest BCUT2D eigenvalue weighted by Gasteiger charge is -2.10. The van der Waals surface area contributed by atoms with Crippen LogP contribution in [-0.4, -0.2) is 28.2 Å². The van der Waals surface area contributed by atoms with Crippen molar-refractivity contribution in [2.75, 3.05) is 4.72 Å². The maximum atomic E-state index is 12.8. The Labute approximate surface area is 134 Å². The highest BCUT2D eigenvalue weighted by Crippen LogP contribution is 2.25. The van der Waals surface area contributed by atoms with Gasteiger partial charge in [0.05, 0.1) is 22.6 Å². The molecule has 23 heavy (non-hydrogen) atoms. The predicted molar refractivity (Wildman–Crippen MR) is 87.7 cm³/mol. The summed E-state index contributed by atoms with van der Waals surface area (Å²) in [5.41, 5.74) is 2.63. The van der Waals surface area contributed by atoms with E-state index in [-0.39, 0.29) is 4.90 Å². The number of nitrogens with zero attached hydrogens (tertiary/aromatic N) is 4. The third kappa shape index (κ3) is 2.65. The highest BCUT2D eigenvalue weighted by atomic mass is 32.2. The van der Waals surface area contributed by atoms with E-state index >= 15 is 0 Å². The number of nitrogens with one attached hydrogen (secondary N) is 1. The zero-order valence-electron chi connectivity index (χ0n) is 13.1. The molecule has 3 aromatic rings. The van der Waals surface area contributed by atoms with Crippen LogP contribution in [0.1, 0.15) is 18.3 Å². The van der Waals surface area contributed by atoms with Crippen LogP contribution < -0.4 is 4.72 Å². The smallest absolute Gasteiger partial charge is 0.265 e. The Hall–Kier alpha value is -2.48. The molecule has 8 heteroatoms. The SMILES string of the molecule is CCn1nc(C)c(S(=O)(=O)Nc2ccnc3cccnc23)c1C. The summed E-state index contributed by atoms with van der Waals surface area (Å²) in [7, 11) is -3.76. The molecule has 3 aromatic heterocycles. The average Bonchev–Trinajstić information content (AvgIpc) is 2.82. The molecule has 7 nitrogen and oxygen atoms in total. The summed E-state index contributed by atoms with van der Waals surface area (Å²) in [6, 6.07) is 5.14. The molecule has 3 rings (SSSR count). The van der Waals surface area contributed by atoms with Crippen LogP contribution in [0.25, 0.3) is 11.0 Å². The van der Waals surface area contributed by atoms with Gasteiger partial charge in [-0.2, -0.15) is 5.10 Å².